The molecule has 0 N–H and O–H groups in total. The number of nitrogens with zero attached hydrogens (tertiary/aromatic N) is 1. The molecule has 0 saturated carbocycles. The predicted molar refractivity (Wildman–Crippen MR) is 140 cm³/mol. The van der Waals surface area contributed by atoms with Crippen molar-refractivity contribution in [1.82, 2.24) is 0 Å². The number of para-hydroxylation sites is 1. The summed E-state index contributed by atoms with van der Waals surface area (Å²) in [5.41, 5.74) is 14.3. The van der Waals surface area contributed by atoms with Gasteiger partial charge in [0, 0.05) is 34.2 Å². The van der Waals surface area contributed by atoms with Gasteiger partial charge in [-0.05, 0) is 58.5 Å². The van der Waals surface area contributed by atoms with Crippen LogP contribution in [-0.2, 0) is 7.05 Å². The van der Waals surface area contributed by atoms with E-state index in [4.69, 9.17) is 4.42 Å². The molecule has 6 aromatic rings. The van der Waals surface area contributed by atoms with Crippen LogP contribution in [0.3, 0.4) is 0 Å². The van der Waals surface area contributed by atoms with Gasteiger partial charge in [-0.2, -0.15) is 0 Å². The smallest absolute Gasteiger partial charge is 0.212 e. The number of hydrogen-bond acceptors (Lipinski definition) is 1. The summed E-state index contributed by atoms with van der Waals surface area (Å²) in [6, 6.07) is 33.3. The van der Waals surface area contributed by atoms with Crippen molar-refractivity contribution in [3.63, 3.8) is 0 Å². The van der Waals surface area contributed by atoms with Crippen LogP contribution in [0.1, 0.15) is 50.8 Å². The van der Waals surface area contributed by atoms with Gasteiger partial charge < -0.3 is 4.42 Å². The normalized spacial score (nSPS) is 17.4. The molecule has 0 atom stereocenters. The largest absolute Gasteiger partial charge is 0.456 e. The van der Waals surface area contributed by atoms with E-state index in [-0.39, 0.29) is 5.92 Å². The van der Waals surface area contributed by atoms with E-state index in [0.717, 1.165) is 11.2 Å². The minimum absolute atomic E-state index is 0.276. The van der Waals surface area contributed by atoms with Gasteiger partial charge >= 0.3 is 0 Å². The number of rotatable bonds is 1. The standard InChI is InChI=1S/C33H24NO/c1-19-15-26-20-9-7-8-14-30(20)35-31(26)17-25(19)29-16-27-28(18-34(29)2)33-23-12-5-3-10-21(23)32(27)22-11-4-6-13-24(22)33/h3-18,32-33H,1-2H3/q+1. The quantitative estimate of drug-likeness (QED) is 0.239. The highest BCUT2D eigenvalue weighted by molar-refractivity contribution is 6.06. The lowest BCUT2D eigenvalue weighted by atomic mass is 9.61. The lowest BCUT2D eigenvalue weighted by Crippen LogP contribution is -2.36. The summed E-state index contributed by atoms with van der Waals surface area (Å²) in [6.45, 7) is 2.22. The third-order valence-electron chi connectivity index (χ3n) is 8.20. The maximum atomic E-state index is 6.26. The molecule has 9 rings (SSSR count). The van der Waals surface area contributed by atoms with Gasteiger partial charge in [0.1, 0.15) is 18.2 Å². The van der Waals surface area contributed by atoms with Crippen LogP contribution in [0.15, 0.2) is 102 Å². The van der Waals surface area contributed by atoms with Crippen molar-refractivity contribution >= 4 is 21.9 Å². The Labute approximate surface area is 204 Å². The molecule has 35 heavy (non-hydrogen) atoms. The van der Waals surface area contributed by atoms with Gasteiger partial charge in [0.05, 0.1) is 5.56 Å². The number of benzene rings is 4. The van der Waals surface area contributed by atoms with Gasteiger partial charge in [-0.1, -0.05) is 66.7 Å². The summed E-state index contributed by atoms with van der Waals surface area (Å²) >= 11 is 0. The zero-order chi connectivity index (χ0) is 23.3. The summed E-state index contributed by atoms with van der Waals surface area (Å²) in [5.74, 6) is 0.569. The summed E-state index contributed by atoms with van der Waals surface area (Å²) in [5, 5.41) is 2.36. The molecular formula is C33H24NO+. The maximum Gasteiger partial charge on any atom is 0.212 e. The van der Waals surface area contributed by atoms with E-state index in [1.165, 1.54) is 61.0 Å². The zero-order valence-corrected chi connectivity index (χ0v) is 19.7. The third kappa shape index (κ3) is 2.46. The Balaban J connectivity index is 1.38. The number of furan rings is 1. The Morgan fingerprint density at radius 1 is 0.600 bits per heavy atom. The molecular weight excluding hydrogens is 426 g/mol. The zero-order valence-electron chi connectivity index (χ0n) is 19.7. The van der Waals surface area contributed by atoms with Crippen LogP contribution in [0.25, 0.3) is 33.2 Å². The van der Waals surface area contributed by atoms with Crippen molar-refractivity contribution < 1.29 is 8.98 Å². The van der Waals surface area contributed by atoms with Crippen molar-refractivity contribution in [2.75, 3.05) is 0 Å². The highest BCUT2D eigenvalue weighted by Crippen LogP contribution is 2.55. The molecule has 2 nitrogen and oxygen atoms in total. The molecule has 4 aromatic carbocycles. The van der Waals surface area contributed by atoms with Crippen LogP contribution in [-0.4, -0.2) is 0 Å². The molecule has 0 fully saturated rings. The van der Waals surface area contributed by atoms with Gasteiger partial charge in [-0.3, -0.25) is 0 Å². The van der Waals surface area contributed by atoms with E-state index in [9.17, 15) is 0 Å². The molecule has 0 unspecified atom stereocenters. The third-order valence-corrected chi connectivity index (χ3v) is 8.20. The lowest BCUT2D eigenvalue weighted by Gasteiger charge is -2.41. The maximum absolute atomic E-state index is 6.26. The van der Waals surface area contributed by atoms with Crippen LogP contribution in [0.4, 0.5) is 0 Å². The fourth-order valence-electron chi connectivity index (χ4n) is 6.68. The highest BCUT2D eigenvalue weighted by atomic mass is 16.3. The van der Waals surface area contributed by atoms with E-state index in [1.54, 1.807) is 0 Å². The monoisotopic (exact) mass is 450 g/mol. The first-order chi connectivity index (χ1) is 17.2. The van der Waals surface area contributed by atoms with Gasteiger partial charge in [-0.25, -0.2) is 4.57 Å². The van der Waals surface area contributed by atoms with E-state index in [1.807, 2.05) is 6.07 Å². The lowest BCUT2D eigenvalue weighted by molar-refractivity contribution is -0.661. The number of hydrogen-bond donors (Lipinski definition) is 0. The van der Waals surface area contributed by atoms with Crippen LogP contribution in [0, 0.1) is 6.92 Å². The summed E-state index contributed by atoms with van der Waals surface area (Å²) in [7, 11) is 2.18. The summed E-state index contributed by atoms with van der Waals surface area (Å²) in [4.78, 5) is 0. The molecule has 2 aromatic heterocycles. The Kier molecular flexibility index (Phi) is 3.67. The van der Waals surface area contributed by atoms with Gasteiger partial charge in [0.25, 0.3) is 0 Å². The average molecular weight is 451 g/mol. The first-order valence-corrected chi connectivity index (χ1v) is 12.3. The first-order valence-electron chi connectivity index (χ1n) is 12.3. The van der Waals surface area contributed by atoms with Gasteiger partial charge in [-0.15, -0.1) is 0 Å². The van der Waals surface area contributed by atoms with Crippen molar-refractivity contribution in [1.29, 1.82) is 0 Å². The van der Waals surface area contributed by atoms with Gasteiger partial charge in [0.2, 0.25) is 5.69 Å². The topological polar surface area (TPSA) is 17.0 Å². The minimum atomic E-state index is 0.276. The second-order valence-corrected chi connectivity index (χ2v) is 10.1. The molecule has 0 aliphatic heterocycles. The highest BCUT2D eigenvalue weighted by Gasteiger charge is 2.43. The Morgan fingerprint density at radius 2 is 1.20 bits per heavy atom. The van der Waals surface area contributed by atoms with E-state index in [2.05, 4.69) is 110 Å². The van der Waals surface area contributed by atoms with E-state index < -0.39 is 0 Å². The fraction of sp³-hybridized carbons (Fsp3) is 0.121. The van der Waals surface area contributed by atoms with E-state index >= 15 is 0 Å². The van der Waals surface area contributed by atoms with Crippen LogP contribution in [0.5, 0.6) is 0 Å². The number of fused-ring (bicyclic) bond motifs is 3. The second kappa shape index (κ2) is 6.70. The minimum Gasteiger partial charge on any atom is -0.456 e. The molecule has 3 aliphatic carbocycles. The molecule has 0 saturated heterocycles. The second-order valence-electron chi connectivity index (χ2n) is 10.1. The molecule has 0 spiro atoms. The number of aromatic nitrogens is 1. The summed E-state index contributed by atoms with van der Waals surface area (Å²) in [6.07, 6.45) is 2.37. The summed E-state index contributed by atoms with van der Waals surface area (Å²) < 4.78 is 8.56. The predicted octanol–water partition coefficient (Wildman–Crippen LogP) is 7.37. The average Bonchev–Trinajstić information content (AvgIpc) is 3.25. The molecule has 3 aliphatic rings. The van der Waals surface area contributed by atoms with Crippen LogP contribution in [0.2, 0.25) is 0 Å². The molecule has 0 radical (unpaired) electrons. The van der Waals surface area contributed by atoms with Gasteiger partial charge in [0.15, 0.2) is 6.20 Å². The molecule has 2 bridgehead atoms. The van der Waals surface area contributed by atoms with Crippen molar-refractivity contribution in [3.05, 3.63) is 136 Å². The molecule has 2 heteroatoms. The molecule has 2 heterocycles. The van der Waals surface area contributed by atoms with Crippen molar-refractivity contribution in [2.24, 2.45) is 7.05 Å². The van der Waals surface area contributed by atoms with E-state index in [0.29, 0.717) is 5.92 Å². The Hall–Kier alpha value is -4.17. The first kappa shape index (κ1) is 19.2. The number of pyridine rings is 1. The Morgan fingerprint density at radius 3 is 1.89 bits per heavy atom. The number of aryl methyl sites for hydroxylation is 2. The van der Waals surface area contributed by atoms with Crippen LogP contribution >= 0.6 is 0 Å². The SMILES string of the molecule is Cc1cc2c(cc1-c1cc3c(c[n+]1C)C1c4ccccc4C3c3ccccc31)oc1ccccc12. The van der Waals surface area contributed by atoms with Crippen molar-refractivity contribution in [2.45, 2.75) is 18.8 Å². The molecule has 0 amide bonds. The fourth-order valence-corrected chi connectivity index (χ4v) is 6.68. The van der Waals surface area contributed by atoms with Crippen LogP contribution < -0.4 is 4.57 Å². The molecule has 166 valence electrons. The van der Waals surface area contributed by atoms with Crippen molar-refractivity contribution in [3.8, 4) is 11.3 Å². The Bertz CT molecular complexity index is 1790.